The van der Waals surface area contributed by atoms with Gasteiger partial charge in [0.15, 0.2) is 0 Å². The first-order valence-corrected chi connectivity index (χ1v) is 5.04. The van der Waals surface area contributed by atoms with Gasteiger partial charge in [0.05, 0.1) is 7.11 Å². The Morgan fingerprint density at radius 3 is 2.40 bits per heavy atom. The van der Waals surface area contributed by atoms with E-state index in [0.717, 1.165) is 5.56 Å². The van der Waals surface area contributed by atoms with Crippen LogP contribution in [0, 0.1) is 0 Å². The van der Waals surface area contributed by atoms with Crippen LogP contribution in [0.5, 0.6) is 0 Å². The van der Waals surface area contributed by atoms with E-state index >= 15 is 0 Å². The van der Waals surface area contributed by atoms with Crippen LogP contribution in [0.25, 0.3) is 0 Å². The number of carbonyl (C=O) groups excluding carboxylic acids is 1. The summed E-state index contributed by atoms with van der Waals surface area (Å²) in [5.41, 5.74) is 2.38. The van der Waals surface area contributed by atoms with Gasteiger partial charge in [-0.2, -0.15) is 0 Å². The molecule has 15 heavy (non-hydrogen) atoms. The number of carbonyl (C=O) groups is 1. The molecule has 0 saturated heterocycles. The highest BCUT2D eigenvalue weighted by Gasteiger charge is 2.00. The first-order chi connectivity index (χ1) is 7.13. The molecule has 0 bridgehead atoms. The predicted octanol–water partition coefficient (Wildman–Crippen LogP) is 2.67. The predicted molar refractivity (Wildman–Crippen MR) is 59.8 cm³/mol. The molecule has 0 atom stereocenters. The Labute approximate surface area is 90.4 Å². The summed E-state index contributed by atoms with van der Waals surface area (Å²) < 4.78 is 4.48. The first-order valence-electron chi connectivity index (χ1n) is 5.04. The molecular weight excluding hydrogens is 190 g/mol. The van der Waals surface area contributed by atoms with E-state index in [-0.39, 0.29) is 0 Å². The lowest BCUT2D eigenvalue weighted by Crippen LogP contribution is -2.22. The standard InChI is InChI=1S/C12H17NO2/c1-9(2)11-6-4-10(5-7-11)8-13-12(14)15-3/h4-7,9H,8H2,1-3H3,(H,13,14). The Kier molecular flexibility index (Phi) is 4.16. The van der Waals surface area contributed by atoms with Gasteiger partial charge in [-0.3, -0.25) is 0 Å². The minimum atomic E-state index is -0.400. The summed E-state index contributed by atoms with van der Waals surface area (Å²) in [5, 5.41) is 2.64. The zero-order chi connectivity index (χ0) is 11.3. The van der Waals surface area contributed by atoms with Crippen LogP contribution in [0.15, 0.2) is 24.3 Å². The van der Waals surface area contributed by atoms with Crippen molar-refractivity contribution < 1.29 is 9.53 Å². The molecule has 1 aromatic carbocycles. The second-order valence-electron chi connectivity index (χ2n) is 3.74. The quantitative estimate of drug-likeness (QED) is 0.827. The van der Waals surface area contributed by atoms with E-state index < -0.39 is 6.09 Å². The summed E-state index contributed by atoms with van der Waals surface area (Å²) in [6.45, 7) is 4.81. The van der Waals surface area contributed by atoms with Crippen molar-refractivity contribution in [2.24, 2.45) is 0 Å². The van der Waals surface area contributed by atoms with Crippen molar-refractivity contribution in [3.63, 3.8) is 0 Å². The highest BCUT2D eigenvalue weighted by molar-refractivity contribution is 5.66. The number of methoxy groups -OCH3 is 1. The zero-order valence-electron chi connectivity index (χ0n) is 9.41. The molecule has 3 nitrogen and oxygen atoms in total. The largest absolute Gasteiger partial charge is 0.453 e. The van der Waals surface area contributed by atoms with Gasteiger partial charge in [0.2, 0.25) is 0 Å². The number of nitrogens with one attached hydrogen (secondary N) is 1. The van der Waals surface area contributed by atoms with Gasteiger partial charge in [0, 0.05) is 6.54 Å². The smallest absolute Gasteiger partial charge is 0.407 e. The molecule has 0 aromatic heterocycles. The van der Waals surface area contributed by atoms with E-state index in [0.29, 0.717) is 12.5 Å². The van der Waals surface area contributed by atoms with Crippen molar-refractivity contribution in [3.8, 4) is 0 Å². The maximum atomic E-state index is 10.8. The minimum Gasteiger partial charge on any atom is -0.453 e. The molecule has 1 rings (SSSR count). The summed E-state index contributed by atoms with van der Waals surface area (Å²) in [5.74, 6) is 0.535. The fraction of sp³-hybridized carbons (Fsp3) is 0.417. The second-order valence-corrected chi connectivity index (χ2v) is 3.74. The lowest BCUT2D eigenvalue weighted by atomic mass is 10.0. The lowest BCUT2D eigenvalue weighted by Gasteiger charge is -2.07. The van der Waals surface area contributed by atoms with Crippen LogP contribution in [-0.2, 0) is 11.3 Å². The number of amides is 1. The van der Waals surface area contributed by atoms with Crippen molar-refractivity contribution in [1.29, 1.82) is 0 Å². The van der Waals surface area contributed by atoms with Crippen LogP contribution < -0.4 is 5.32 Å². The third-order valence-corrected chi connectivity index (χ3v) is 2.27. The normalized spacial score (nSPS) is 10.1. The Morgan fingerprint density at radius 1 is 1.33 bits per heavy atom. The van der Waals surface area contributed by atoms with Gasteiger partial charge < -0.3 is 10.1 Å². The molecule has 0 aliphatic heterocycles. The topological polar surface area (TPSA) is 38.3 Å². The van der Waals surface area contributed by atoms with Crippen molar-refractivity contribution in [2.45, 2.75) is 26.3 Å². The molecule has 1 amide bonds. The van der Waals surface area contributed by atoms with Crippen molar-refractivity contribution in [1.82, 2.24) is 5.32 Å². The summed E-state index contributed by atoms with van der Waals surface area (Å²) in [6, 6.07) is 8.20. The Morgan fingerprint density at radius 2 is 1.93 bits per heavy atom. The number of benzene rings is 1. The Hall–Kier alpha value is -1.51. The average molecular weight is 207 g/mol. The molecule has 0 heterocycles. The van der Waals surface area contributed by atoms with E-state index in [9.17, 15) is 4.79 Å². The monoisotopic (exact) mass is 207 g/mol. The number of ether oxygens (including phenoxy) is 1. The number of hydrogen-bond donors (Lipinski definition) is 1. The molecule has 0 unspecified atom stereocenters. The summed E-state index contributed by atoms with van der Waals surface area (Å²) in [7, 11) is 1.36. The van der Waals surface area contributed by atoms with Gasteiger partial charge in [0.25, 0.3) is 0 Å². The van der Waals surface area contributed by atoms with E-state index in [1.807, 2.05) is 12.1 Å². The number of hydrogen-bond acceptors (Lipinski definition) is 2. The summed E-state index contributed by atoms with van der Waals surface area (Å²) in [4.78, 5) is 10.8. The molecule has 0 aliphatic carbocycles. The van der Waals surface area contributed by atoms with Crippen LogP contribution in [0.3, 0.4) is 0 Å². The Bertz CT molecular complexity index is 317. The molecule has 82 valence electrons. The van der Waals surface area contributed by atoms with Crippen LogP contribution in [0.4, 0.5) is 4.79 Å². The fourth-order valence-corrected chi connectivity index (χ4v) is 1.27. The highest BCUT2D eigenvalue weighted by atomic mass is 16.5. The molecular formula is C12H17NO2. The van der Waals surface area contributed by atoms with Crippen molar-refractivity contribution in [2.75, 3.05) is 7.11 Å². The van der Waals surface area contributed by atoms with Crippen LogP contribution in [0.2, 0.25) is 0 Å². The first kappa shape index (κ1) is 11.6. The number of rotatable bonds is 3. The molecule has 1 aromatic rings. The minimum absolute atomic E-state index is 0.400. The fourth-order valence-electron chi connectivity index (χ4n) is 1.27. The molecule has 0 aliphatic rings. The average Bonchev–Trinajstić information content (AvgIpc) is 2.26. The van der Waals surface area contributed by atoms with E-state index in [1.165, 1.54) is 12.7 Å². The SMILES string of the molecule is COC(=O)NCc1ccc(C(C)C)cc1. The van der Waals surface area contributed by atoms with Crippen LogP contribution in [-0.4, -0.2) is 13.2 Å². The van der Waals surface area contributed by atoms with E-state index in [2.05, 4.69) is 36.0 Å². The van der Waals surface area contributed by atoms with Gasteiger partial charge in [0.1, 0.15) is 0 Å². The van der Waals surface area contributed by atoms with Crippen molar-refractivity contribution in [3.05, 3.63) is 35.4 Å². The maximum Gasteiger partial charge on any atom is 0.407 e. The maximum absolute atomic E-state index is 10.8. The molecule has 3 heteroatoms. The second kappa shape index (κ2) is 5.39. The summed E-state index contributed by atoms with van der Waals surface area (Å²) >= 11 is 0. The van der Waals surface area contributed by atoms with Crippen molar-refractivity contribution >= 4 is 6.09 Å². The molecule has 0 fully saturated rings. The van der Waals surface area contributed by atoms with Crippen LogP contribution >= 0.6 is 0 Å². The third-order valence-electron chi connectivity index (χ3n) is 2.27. The highest BCUT2D eigenvalue weighted by Crippen LogP contribution is 2.14. The third kappa shape index (κ3) is 3.62. The van der Waals surface area contributed by atoms with Crippen LogP contribution in [0.1, 0.15) is 30.9 Å². The molecule has 1 N–H and O–H groups in total. The lowest BCUT2D eigenvalue weighted by molar-refractivity contribution is 0.170. The van der Waals surface area contributed by atoms with Gasteiger partial charge in [-0.1, -0.05) is 38.1 Å². The van der Waals surface area contributed by atoms with E-state index in [4.69, 9.17) is 0 Å². The molecule has 0 radical (unpaired) electrons. The number of alkyl carbamates (subject to hydrolysis) is 1. The van der Waals surface area contributed by atoms with Gasteiger partial charge in [-0.05, 0) is 17.0 Å². The summed E-state index contributed by atoms with van der Waals surface area (Å²) in [6.07, 6.45) is -0.400. The zero-order valence-corrected chi connectivity index (χ0v) is 9.41. The van der Waals surface area contributed by atoms with Gasteiger partial charge in [-0.15, -0.1) is 0 Å². The van der Waals surface area contributed by atoms with Gasteiger partial charge >= 0.3 is 6.09 Å². The van der Waals surface area contributed by atoms with E-state index in [1.54, 1.807) is 0 Å². The Balaban J connectivity index is 2.53. The molecule has 0 spiro atoms. The molecule has 0 saturated carbocycles. The van der Waals surface area contributed by atoms with Gasteiger partial charge in [-0.25, -0.2) is 4.79 Å².